The number of imidazole rings is 1. The standard InChI is InChI=1S/C24H21N3O2/c1-2-27-19-12-6-5-11-18(19)26-22(27)15-25-24(28)23-16-9-3-7-13-20(16)29-21-14-8-4-10-17(21)23/h3-14,23H,2,15H2,1H3,(H,25,28). The van der Waals surface area contributed by atoms with Gasteiger partial charge in [-0.3, -0.25) is 4.79 Å². The van der Waals surface area contributed by atoms with Crippen molar-refractivity contribution in [2.75, 3.05) is 0 Å². The van der Waals surface area contributed by atoms with Gasteiger partial charge in [-0.25, -0.2) is 4.98 Å². The van der Waals surface area contributed by atoms with Crippen molar-refractivity contribution in [2.45, 2.75) is 25.9 Å². The number of fused-ring (bicyclic) bond motifs is 3. The van der Waals surface area contributed by atoms with Gasteiger partial charge in [0.15, 0.2) is 0 Å². The van der Waals surface area contributed by atoms with Gasteiger partial charge in [0.2, 0.25) is 5.91 Å². The molecule has 5 nitrogen and oxygen atoms in total. The molecule has 5 heteroatoms. The second-order valence-electron chi connectivity index (χ2n) is 7.09. The highest BCUT2D eigenvalue weighted by Gasteiger charge is 2.32. The SMILES string of the molecule is CCn1c(CNC(=O)C2c3ccccc3Oc3ccccc32)nc2ccccc21. The van der Waals surface area contributed by atoms with Crippen molar-refractivity contribution in [3.8, 4) is 11.5 Å². The Morgan fingerprint density at radius 2 is 1.59 bits per heavy atom. The van der Waals surface area contributed by atoms with E-state index in [-0.39, 0.29) is 5.91 Å². The van der Waals surface area contributed by atoms with E-state index >= 15 is 0 Å². The molecule has 1 amide bonds. The summed E-state index contributed by atoms with van der Waals surface area (Å²) in [7, 11) is 0. The first kappa shape index (κ1) is 17.5. The van der Waals surface area contributed by atoms with Gasteiger partial charge in [-0.05, 0) is 31.2 Å². The summed E-state index contributed by atoms with van der Waals surface area (Å²) < 4.78 is 8.14. The second-order valence-corrected chi connectivity index (χ2v) is 7.09. The van der Waals surface area contributed by atoms with Gasteiger partial charge >= 0.3 is 0 Å². The van der Waals surface area contributed by atoms with E-state index in [9.17, 15) is 4.79 Å². The van der Waals surface area contributed by atoms with Gasteiger partial charge in [0.25, 0.3) is 0 Å². The molecule has 2 heterocycles. The number of rotatable bonds is 4. The van der Waals surface area contributed by atoms with Gasteiger partial charge in [0.05, 0.1) is 23.5 Å². The lowest BCUT2D eigenvalue weighted by Crippen LogP contribution is -2.32. The quantitative estimate of drug-likeness (QED) is 0.560. The minimum absolute atomic E-state index is 0.0529. The molecule has 0 saturated carbocycles. The molecule has 0 radical (unpaired) electrons. The average molecular weight is 383 g/mol. The van der Waals surface area contributed by atoms with Crippen molar-refractivity contribution in [1.29, 1.82) is 0 Å². The summed E-state index contributed by atoms with van der Waals surface area (Å²) in [6, 6.07) is 23.5. The van der Waals surface area contributed by atoms with Crippen LogP contribution in [-0.4, -0.2) is 15.5 Å². The van der Waals surface area contributed by atoms with Crippen LogP contribution >= 0.6 is 0 Å². The number of para-hydroxylation sites is 4. The van der Waals surface area contributed by atoms with E-state index in [4.69, 9.17) is 9.72 Å². The summed E-state index contributed by atoms with van der Waals surface area (Å²) in [5, 5.41) is 3.11. The van der Waals surface area contributed by atoms with Crippen molar-refractivity contribution in [1.82, 2.24) is 14.9 Å². The first-order valence-corrected chi connectivity index (χ1v) is 9.84. The Morgan fingerprint density at radius 3 is 2.28 bits per heavy atom. The molecule has 1 N–H and O–H groups in total. The van der Waals surface area contributed by atoms with Crippen LogP contribution < -0.4 is 10.1 Å². The number of hydrogen-bond donors (Lipinski definition) is 1. The summed E-state index contributed by atoms with van der Waals surface area (Å²) in [6.07, 6.45) is 0. The van der Waals surface area contributed by atoms with Gasteiger partial charge in [-0.15, -0.1) is 0 Å². The molecule has 0 atom stereocenters. The lowest BCUT2D eigenvalue weighted by molar-refractivity contribution is -0.122. The number of nitrogens with one attached hydrogen (secondary N) is 1. The van der Waals surface area contributed by atoms with E-state index in [1.54, 1.807) is 0 Å². The minimum atomic E-state index is -0.407. The van der Waals surface area contributed by atoms with E-state index in [0.717, 1.165) is 46.0 Å². The largest absolute Gasteiger partial charge is 0.457 e. The van der Waals surface area contributed by atoms with Gasteiger partial charge < -0.3 is 14.6 Å². The Kier molecular flexibility index (Phi) is 4.28. The Balaban J connectivity index is 1.46. The number of aryl methyl sites for hydroxylation is 1. The zero-order valence-electron chi connectivity index (χ0n) is 16.1. The molecule has 29 heavy (non-hydrogen) atoms. The third-order valence-electron chi connectivity index (χ3n) is 5.41. The zero-order chi connectivity index (χ0) is 19.8. The fourth-order valence-corrected chi connectivity index (χ4v) is 4.07. The normalized spacial score (nSPS) is 12.9. The third-order valence-corrected chi connectivity index (χ3v) is 5.41. The zero-order valence-corrected chi connectivity index (χ0v) is 16.1. The van der Waals surface area contributed by atoms with Gasteiger partial charge in [-0.1, -0.05) is 48.5 Å². The van der Waals surface area contributed by atoms with E-state index < -0.39 is 5.92 Å². The van der Waals surface area contributed by atoms with Crippen LogP contribution in [0.5, 0.6) is 11.5 Å². The lowest BCUT2D eigenvalue weighted by atomic mass is 9.87. The molecule has 5 rings (SSSR count). The van der Waals surface area contributed by atoms with E-state index in [0.29, 0.717) is 6.54 Å². The molecule has 0 bridgehead atoms. The van der Waals surface area contributed by atoms with Gasteiger partial charge in [-0.2, -0.15) is 0 Å². The molecule has 1 aromatic heterocycles. The monoisotopic (exact) mass is 383 g/mol. The number of benzene rings is 3. The Morgan fingerprint density at radius 1 is 0.966 bits per heavy atom. The Bertz CT molecular complexity index is 1170. The summed E-state index contributed by atoms with van der Waals surface area (Å²) in [5.41, 5.74) is 3.79. The maximum atomic E-state index is 13.3. The van der Waals surface area contributed by atoms with E-state index in [1.165, 1.54) is 0 Å². The fraction of sp³-hybridized carbons (Fsp3) is 0.167. The number of amides is 1. The van der Waals surface area contributed by atoms with Crippen molar-refractivity contribution in [2.24, 2.45) is 0 Å². The molecule has 144 valence electrons. The van der Waals surface area contributed by atoms with Crippen LogP contribution in [0.2, 0.25) is 0 Å². The van der Waals surface area contributed by atoms with Crippen LogP contribution in [0.25, 0.3) is 11.0 Å². The van der Waals surface area contributed by atoms with Crippen LogP contribution in [0.15, 0.2) is 72.8 Å². The fourth-order valence-electron chi connectivity index (χ4n) is 4.07. The smallest absolute Gasteiger partial charge is 0.232 e. The first-order valence-electron chi connectivity index (χ1n) is 9.84. The Labute approximate surface area is 169 Å². The minimum Gasteiger partial charge on any atom is -0.457 e. The molecular weight excluding hydrogens is 362 g/mol. The molecule has 0 saturated heterocycles. The van der Waals surface area contributed by atoms with Crippen molar-refractivity contribution >= 4 is 16.9 Å². The average Bonchev–Trinajstić information content (AvgIpc) is 3.13. The highest BCUT2D eigenvalue weighted by Crippen LogP contribution is 2.43. The molecule has 0 fully saturated rings. The summed E-state index contributed by atoms with van der Waals surface area (Å²) in [4.78, 5) is 18.0. The molecule has 3 aromatic carbocycles. The predicted molar refractivity (Wildman–Crippen MR) is 112 cm³/mol. The summed E-state index contributed by atoms with van der Waals surface area (Å²) in [5.74, 6) is 1.86. The first-order chi connectivity index (χ1) is 14.3. The van der Waals surface area contributed by atoms with Crippen molar-refractivity contribution in [3.05, 3.63) is 89.7 Å². The molecule has 0 aliphatic carbocycles. The van der Waals surface area contributed by atoms with Crippen LogP contribution in [0.3, 0.4) is 0 Å². The van der Waals surface area contributed by atoms with E-state index in [1.807, 2.05) is 66.7 Å². The van der Waals surface area contributed by atoms with E-state index in [2.05, 4.69) is 22.9 Å². The molecule has 1 aliphatic heterocycles. The number of aromatic nitrogens is 2. The number of nitrogens with zero attached hydrogens (tertiary/aromatic N) is 2. The molecule has 0 spiro atoms. The van der Waals surface area contributed by atoms with Crippen LogP contribution in [0, 0.1) is 0 Å². The van der Waals surface area contributed by atoms with Crippen molar-refractivity contribution in [3.63, 3.8) is 0 Å². The summed E-state index contributed by atoms with van der Waals surface area (Å²) in [6.45, 7) is 3.27. The topological polar surface area (TPSA) is 56.2 Å². The molecule has 4 aromatic rings. The predicted octanol–water partition coefficient (Wildman–Crippen LogP) is 4.61. The number of carbonyl (C=O) groups excluding carboxylic acids is 1. The highest BCUT2D eigenvalue weighted by molar-refractivity contribution is 5.89. The number of carbonyl (C=O) groups is 1. The molecule has 1 aliphatic rings. The van der Waals surface area contributed by atoms with Gasteiger partial charge in [0, 0.05) is 17.7 Å². The summed E-state index contributed by atoms with van der Waals surface area (Å²) >= 11 is 0. The lowest BCUT2D eigenvalue weighted by Gasteiger charge is -2.27. The van der Waals surface area contributed by atoms with Crippen molar-refractivity contribution < 1.29 is 9.53 Å². The highest BCUT2D eigenvalue weighted by atomic mass is 16.5. The number of hydrogen-bond acceptors (Lipinski definition) is 3. The van der Waals surface area contributed by atoms with Crippen LogP contribution in [0.1, 0.15) is 29.8 Å². The van der Waals surface area contributed by atoms with Gasteiger partial charge in [0.1, 0.15) is 17.3 Å². The maximum Gasteiger partial charge on any atom is 0.232 e. The third kappa shape index (κ3) is 2.95. The molecule has 0 unspecified atom stereocenters. The molecular formula is C24H21N3O2. The number of ether oxygens (including phenoxy) is 1. The Hall–Kier alpha value is -3.60. The second kappa shape index (κ2) is 7.09. The van der Waals surface area contributed by atoms with Crippen LogP contribution in [0.4, 0.5) is 0 Å². The maximum absolute atomic E-state index is 13.3. The van der Waals surface area contributed by atoms with Crippen LogP contribution in [-0.2, 0) is 17.9 Å².